The first-order valence-electron chi connectivity index (χ1n) is 19.6. The van der Waals surface area contributed by atoms with E-state index in [1.165, 1.54) is 236 Å². The van der Waals surface area contributed by atoms with Gasteiger partial charge in [0, 0.05) is 5.33 Å². The molecular weight excluding hydrogens is 635 g/mol. The highest BCUT2D eigenvalue weighted by Crippen LogP contribution is 2.18. The second kappa shape index (κ2) is 40.3. The lowest BCUT2D eigenvalue weighted by Gasteiger charge is -2.05. The van der Waals surface area contributed by atoms with Crippen molar-refractivity contribution in [2.24, 2.45) is 0 Å². The van der Waals surface area contributed by atoms with Gasteiger partial charge in [-0.05, 0) is 12.5 Å². The molecule has 4 heteroatoms. The zero-order valence-corrected chi connectivity index (χ0v) is 32.8. The average molecular weight is 713 g/mol. The molecule has 0 aromatic carbocycles. The SMILES string of the molecule is Cl[SiH](Cl)CCCCCCCCCCCCCCCCCCCCCCCCCCCCCCCCCCCCCCBr. The molecule has 0 atom stereocenters. The van der Waals surface area contributed by atoms with Crippen LogP contribution in [0.3, 0.4) is 0 Å². The van der Waals surface area contributed by atoms with Gasteiger partial charge in [0.1, 0.15) is 0 Å². The van der Waals surface area contributed by atoms with E-state index in [4.69, 9.17) is 22.2 Å². The van der Waals surface area contributed by atoms with E-state index in [0.717, 1.165) is 6.04 Å². The topological polar surface area (TPSA) is 0 Å². The van der Waals surface area contributed by atoms with Gasteiger partial charge in [0.2, 0.25) is 7.42 Å². The molecule has 0 rings (SSSR count). The van der Waals surface area contributed by atoms with Crippen LogP contribution in [0, 0.1) is 0 Å². The second-order valence-electron chi connectivity index (χ2n) is 13.6. The summed E-state index contributed by atoms with van der Waals surface area (Å²) in [4.78, 5) is 0. The highest BCUT2D eigenvalue weighted by Gasteiger charge is 2.01. The van der Waals surface area contributed by atoms with E-state index < -0.39 is 7.42 Å². The maximum Gasteiger partial charge on any atom is 0.237 e. The molecule has 0 aliphatic heterocycles. The largest absolute Gasteiger partial charge is 0.237 e. The van der Waals surface area contributed by atoms with Crippen molar-refractivity contribution < 1.29 is 0 Å². The fraction of sp³-hybridized carbons (Fsp3) is 1.00. The molecule has 0 radical (unpaired) electrons. The summed E-state index contributed by atoms with van der Waals surface area (Å²) in [7, 11) is -1.34. The van der Waals surface area contributed by atoms with Gasteiger partial charge in [-0.2, -0.15) is 22.2 Å². The van der Waals surface area contributed by atoms with Crippen molar-refractivity contribution in [2.75, 3.05) is 5.33 Å². The van der Waals surface area contributed by atoms with Crippen molar-refractivity contribution in [3.63, 3.8) is 0 Å². The first-order chi connectivity index (χ1) is 20.8. The molecule has 0 nitrogen and oxygen atoms in total. The van der Waals surface area contributed by atoms with Crippen molar-refractivity contribution in [3.05, 3.63) is 0 Å². The summed E-state index contributed by atoms with van der Waals surface area (Å²) in [6.07, 6.45) is 52.5. The zero-order chi connectivity index (χ0) is 30.4. The Labute approximate surface area is 286 Å². The third kappa shape index (κ3) is 41.3. The predicted molar refractivity (Wildman–Crippen MR) is 204 cm³/mol. The molecule has 0 saturated heterocycles. The van der Waals surface area contributed by atoms with Crippen LogP contribution in [0.25, 0.3) is 0 Å². The van der Waals surface area contributed by atoms with E-state index in [2.05, 4.69) is 15.9 Å². The highest BCUT2D eigenvalue weighted by atomic mass is 79.9. The molecule has 0 aromatic heterocycles. The van der Waals surface area contributed by atoms with Gasteiger partial charge in [-0.25, -0.2) is 0 Å². The summed E-state index contributed by atoms with van der Waals surface area (Å²) in [6, 6.07) is 1.10. The van der Waals surface area contributed by atoms with Gasteiger partial charge in [0.25, 0.3) is 0 Å². The van der Waals surface area contributed by atoms with Gasteiger partial charge in [0.05, 0.1) is 0 Å². The summed E-state index contributed by atoms with van der Waals surface area (Å²) >= 11 is 15.3. The number of hydrogen-bond acceptors (Lipinski definition) is 0. The maximum atomic E-state index is 5.91. The lowest BCUT2D eigenvalue weighted by Crippen LogP contribution is -1.91. The second-order valence-corrected chi connectivity index (χ2v) is 19.6. The Balaban J connectivity index is 3.03. The van der Waals surface area contributed by atoms with Crippen molar-refractivity contribution in [3.8, 4) is 0 Å². The van der Waals surface area contributed by atoms with Crippen LogP contribution in [0.1, 0.15) is 231 Å². The minimum atomic E-state index is -1.34. The molecule has 0 N–H and O–H groups in total. The van der Waals surface area contributed by atoms with E-state index >= 15 is 0 Å². The minimum Gasteiger partial charge on any atom is -0.150 e. The number of rotatable bonds is 38. The number of hydrogen-bond donors (Lipinski definition) is 0. The number of halogens is 3. The van der Waals surface area contributed by atoms with Crippen molar-refractivity contribution >= 4 is 45.5 Å². The molecule has 0 spiro atoms. The molecule has 0 amide bonds. The first kappa shape index (κ1) is 43.3. The summed E-state index contributed by atoms with van der Waals surface area (Å²) in [5.41, 5.74) is 0. The molecule has 0 bridgehead atoms. The monoisotopic (exact) mass is 710 g/mol. The summed E-state index contributed by atoms with van der Waals surface area (Å²) in [5.74, 6) is 0. The molecule has 0 heterocycles. The molecule has 0 aliphatic rings. The lowest BCUT2D eigenvalue weighted by molar-refractivity contribution is 0.511. The van der Waals surface area contributed by atoms with E-state index in [-0.39, 0.29) is 0 Å². The minimum absolute atomic E-state index is 1.10. The van der Waals surface area contributed by atoms with E-state index in [0.29, 0.717) is 0 Å². The molecule has 42 heavy (non-hydrogen) atoms. The molecule has 0 fully saturated rings. The normalized spacial score (nSPS) is 11.7. The van der Waals surface area contributed by atoms with Gasteiger partial charge < -0.3 is 0 Å². The Hall–Kier alpha value is 1.28. The maximum absolute atomic E-state index is 5.91. The fourth-order valence-electron chi connectivity index (χ4n) is 6.40. The smallest absolute Gasteiger partial charge is 0.150 e. The van der Waals surface area contributed by atoms with Crippen LogP contribution in [-0.2, 0) is 0 Å². The summed E-state index contributed by atoms with van der Waals surface area (Å²) in [6.45, 7) is 0. The molecular formula is C38H77BrCl2Si. The van der Waals surface area contributed by atoms with Crippen LogP contribution in [0.15, 0.2) is 0 Å². The Kier molecular flexibility index (Phi) is 41.5. The van der Waals surface area contributed by atoms with Crippen molar-refractivity contribution in [1.82, 2.24) is 0 Å². The fourth-order valence-corrected chi connectivity index (χ4v) is 8.32. The van der Waals surface area contributed by atoms with E-state index in [1.54, 1.807) is 0 Å². The van der Waals surface area contributed by atoms with Crippen LogP contribution < -0.4 is 0 Å². The Morgan fingerprint density at radius 1 is 0.238 bits per heavy atom. The first-order valence-corrected chi connectivity index (χ1v) is 25.0. The van der Waals surface area contributed by atoms with Crippen LogP contribution in [0.2, 0.25) is 6.04 Å². The standard InChI is InChI=1S/C38H77BrCl2Si/c39-37-35-33-31-29-27-25-23-21-19-17-15-13-11-9-7-5-3-1-2-4-6-8-10-12-14-16-18-20-22-24-26-28-30-32-34-36-38-42(40)41/h42H,1-38H2. The van der Waals surface area contributed by atoms with Gasteiger partial charge >= 0.3 is 0 Å². The Bertz CT molecular complexity index is 462. The van der Waals surface area contributed by atoms with Gasteiger partial charge in [-0.15, -0.1) is 0 Å². The molecule has 254 valence electrons. The Morgan fingerprint density at radius 3 is 0.524 bits per heavy atom. The average Bonchev–Trinajstić information content (AvgIpc) is 2.98. The van der Waals surface area contributed by atoms with Crippen LogP contribution in [-0.4, -0.2) is 12.7 Å². The van der Waals surface area contributed by atoms with Gasteiger partial charge in [-0.3, -0.25) is 0 Å². The van der Waals surface area contributed by atoms with Crippen LogP contribution in [0.5, 0.6) is 0 Å². The van der Waals surface area contributed by atoms with Crippen LogP contribution in [0.4, 0.5) is 0 Å². The van der Waals surface area contributed by atoms with Crippen molar-refractivity contribution in [2.45, 2.75) is 237 Å². The predicted octanol–water partition coefficient (Wildman–Crippen LogP) is 16.1. The highest BCUT2D eigenvalue weighted by molar-refractivity contribution is 9.09. The van der Waals surface area contributed by atoms with Crippen molar-refractivity contribution in [1.29, 1.82) is 0 Å². The quantitative estimate of drug-likeness (QED) is 0.0259. The van der Waals surface area contributed by atoms with E-state index in [9.17, 15) is 0 Å². The molecule has 0 saturated carbocycles. The summed E-state index contributed by atoms with van der Waals surface area (Å²) in [5, 5.41) is 1.18. The third-order valence-corrected chi connectivity index (χ3v) is 12.0. The number of unbranched alkanes of at least 4 members (excludes halogenated alkanes) is 35. The van der Waals surface area contributed by atoms with Gasteiger partial charge in [0.15, 0.2) is 0 Å². The third-order valence-electron chi connectivity index (χ3n) is 9.31. The van der Waals surface area contributed by atoms with Gasteiger partial charge in [-0.1, -0.05) is 241 Å². The molecule has 0 unspecified atom stereocenters. The zero-order valence-electron chi connectivity index (χ0n) is 28.6. The summed E-state index contributed by atoms with van der Waals surface area (Å²) < 4.78 is 0. The Morgan fingerprint density at radius 2 is 0.381 bits per heavy atom. The number of alkyl halides is 1. The van der Waals surface area contributed by atoms with E-state index in [1.807, 2.05) is 0 Å². The lowest BCUT2D eigenvalue weighted by atomic mass is 10.0. The molecule has 0 aromatic rings. The van der Waals surface area contributed by atoms with Crippen LogP contribution >= 0.6 is 38.1 Å². The molecule has 0 aliphatic carbocycles.